The van der Waals surface area contributed by atoms with Crippen LogP contribution in [0.15, 0.2) is 36.9 Å². The lowest BCUT2D eigenvalue weighted by Gasteiger charge is -2.22. The summed E-state index contributed by atoms with van der Waals surface area (Å²) in [5.41, 5.74) is 0.953. The van der Waals surface area contributed by atoms with Crippen molar-refractivity contribution in [2.75, 3.05) is 6.54 Å². The third-order valence-electron chi connectivity index (χ3n) is 4.17. The van der Waals surface area contributed by atoms with Gasteiger partial charge in [-0.05, 0) is 25.0 Å². The topological polar surface area (TPSA) is 71.8 Å². The third kappa shape index (κ3) is 4.55. The Bertz CT molecular complexity index is 620. The maximum atomic E-state index is 11.9. The summed E-state index contributed by atoms with van der Waals surface area (Å²) in [7, 11) is 0. The molecule has 0 spiro atoms. The first kappa shape index (κ1) is 15.5. The van der Waals surface area contributed by atoms with Gasteiger partial charge in [0.15, 0.2) is 0 Å². The number of nitrogens with zero attached hydrogens (tertiary/aromatic N) is 3. The summed E-state index contributed by atoms with van der Waals surface area (Å²) < 4.78 is 1.87. The molecule has 0 bridgehead atoms. The van der Waals surface area contributed by atoms with Crippen molar-refractivity contribution in [2.24, 2.45) is 0 Å². The summed E-state index contributed by atoms with van der Waals surface area (Å²) in [4.78, 5) is 20.5. The fourth-order valence-electron chi connectivity index (χ4n) is 2.93. The van der Waals surface area contributed by atoms with E-state index in [-0.39, 0.29) is 6.03 Å². The van der Waals surface area contributed by atoms with Gasteiger partial charge >= 0.3 is 6.03 Å². The molecule has 6 nitrogen and oxygen atoms in total. The summed E-state index contributed by atoms with van der Waals surface area (Å²) in [6, 6.07) is 6.16. The van der Waals surface area contributed by atoms with Gasteiger partial charge in [0, 0.05) is 37.1 Å². The number of aromatic nitrogens is 3. The molecular formula is C17H23N5O. The Morgan fingerprint density at radius 3 is 2.91 bits per heavy atom. The Hall–Kier alpha value is -2.37. The lowest BCUT2D eigenvalue weighted by molar-refractivity contribution is 0.233. The largest absolute Gasteiger partial charge is 0.338 e. The molecule has 0 aromatic carbocycles. The molecule has 2 aromatic rings. The van der Waals surface area contributed by atoms with Crippen LogP contribution in [0.2, 0.25) is 0 Å². The maximum Gasteiger partial charge on any atom is 0.315 e. The van der Waals surface area contributed by atoms with Gasteiger partial charge in [-0.15, -0.1) is 0 Å². The molecule has 0 saturated heterocycles. The average Bonchev–Trinajstić information content (AvgIpc) is 3.11. The Balaban J connectivity index is 1.45. The van der Waals surface area contributed by atoms with Crippen molar-refractivity contribution in [1.82, 2.24) is 25.2 Å². The number of hydrogen-bond donors (Lipinski definition) is 2. The second-order valence-electron chi connectivity index (χ2n) is 5.94. The minimum atomic E-state index is -0.0670. The molecule has 122 valence electrons. The standard InChI is InChI=1S/C17H23N5O/c23-17(21-14-5-2-1-3-6-14)19-10-9-15-7-4-8-16(20-15)22-12-11-18-13-22/h4,7-8,11-14H,1-3,5-6,9-10H2,(H2,19,21,23). The minimum Gasteiger partial charge on any atom is -0.338 e. The Kier molecular flexibility index (Phi) is 5.24. The summed E-state index contributed by atoms with van der Waals surface area (Å²) in [5.74, 6) is 0.839. The highest BCUT2D eigenvalue weighted by molar-refractivity contribution is 5.74. The van der Waals surface area contributed by atoms with Crippen molar-refractivity contribution in [1.29, 1.82) is 0 Å². The summed E-state index contributed by atoms with van der Waals surface area (Å²) in [6.45, 7) is 0.582. The number of carbonyl (C=O) groups is 1. The van der Waals surface area contributed by atoms with E-state index < -0.39 is 0 Å². The minimum absolute atomic E-state index is 0.0670. The molecule has 1 aliphatic rings. The van der Waals surface area contributed by atoms with Crippen molar-refractivity contribution < 1.29 is 4.79 Å². The monoisotopic (exact) mass is 313 g/mol. The number of pyridine rings is 1. The molecule has 2 N–H and O–H groups in total. The smallest absolute Gasteiger partial charge is 0.315 e. The molecule has 6 heteroatoms. The quantitative estimate of drug-likeness (QED) is 0.890. The van der Waals surface area contributed by atoms with Gasteiger partial charge < -0.3 is 10.6 Å². The Morgan fingerprint density at radius 1 is 1.26 bits per heavy atom. The predicted octanol–water partition coefficient (Wildman–Crippen LogP) is 2.44. The van der Waals surface area contributed by atoms with Crippen LogP contribution in [-0.4, -0.2) is 33.2 Å². The average molecular weight is 313 g/mol. The summed E-state index contributed by atoms with van der Waals surface area (Å²) >= 11 is 0. The lowest BCUT2D eigenvalue weighted by Crippen LogP contribution is -2.43. The van der Waals surface area contributed by atoms with Gasteiger partial charge in [0.1, 0.15) is 12.1 Å². The van der Waals surface area contributed by atoms with Crippen LogP contribution in [0, 0.1) is 0 Å². The molecule has 2 amide bonds. The van der Waals surface area contributed by atoms with E-state index in [4.69, 9.17) is 0 Å². The number of hydrogen-bond acceptors (Lipinski definition) is 3. The van der Waals surface area contributed by atoms with Gasteiger partial charge in [-0.2, -0.15) is 0 Å². The van der Waals surface area contributed by atoms with Crippen LogP contribution >= 0.6 is 0 Å². The van der Waals surface area contributed by atoms with Crippen LogP contribution < -0.4 is 10.6 Å². The second kappa shape index (κ2) is 7.76. The molecule has 23 heavy (non-hydrogen) atoms. The molecule has 0 atom stereocenters. The van der Waals surface area contributed by atoms with Gasteiger partial charge in [0.25, 0.3) is 0 Å². The summed E-state index contributed by atoms with van der Waals surface area (Å²) in [6.07, 6.45) is 11.9. The molecule has 1 fully saturated rings. The molecule has 2 heterocycles. The molecule has 0 aliphatic heterocycles. The molecular weight excluding hydrogens is 290 g/mol. The highest BCUT2D eigenvalue weighted by atomic mass is 16.2. The van der Waals surface area contributed by atoms with Crippen LogP contribution in [-0.2, 0) is 6.42 Å². The second-order valence-corrected chi connectivity index (χ2v) is 5.94. The molecule has 2 aromatic heterocycles. The van der Waals surface area contributed by atoms with Crippen LogP contribution in [0.3, 0.4) is 0 Å². The number of imidazole rings is 1. The van der Waals surface area contributed by atoms with Crippen molar-refractivity contribution in [2.45, 2.75) is 44.6 Å². The van der Waals surface area contributed by atoms with E-state index in [1.807, 2.05) is 29.0 Å². The van der Waals surface area contributed by atoms with Crippen molar-refractivity contribution in [3.8, 4) is 5.82 Å². The van der Waals surface area contributed by atoms with Gasteiger partial charge in [0.2, 0.25) is 0 Å². The van der Waals surface area contributed by atoms with Crippen molar-refractivity contribution in [3.05, 3.63) is 42.6 Å². The normalized spacial score (nSPS) is 15.3. The SMILES string of the molecule is O=C(NCCc1cccc(-n2ccnc2)n1)NC1CCCCC1. The number of urea groups is 1. The van der Waals surface area contributed by atoms with Gasteiger partial charge in [-0.3, -0.25) is 4.57 Å². The molecule has 1 saturated carbocycles. The van der Waals surface area contributed by atoms with E-state index >= 15 is 0 Å². The van der Waals surface area contributed by atoms with Gasteiger partial charge in [-0.1, -0.05) is 25.3 Å². The Labute approximate surface area is 136 Å². The van der Waals surface area contributed by atoms with E-state index in [1.54, 1.807) is 12.5 Å². The molecule has 3 rings (SSSR count). The summed E-state index contributed by atoms with van der Waals surface area (Å²) in [5, 5.41) is 5.98. The first-order valence-corrected chi connectivity index (χ1v) is 8.30. The van der Waals surface area contributed by atoms with Gasteiger partial charge in [-0.25, -0.2) is 14.8 Å². The number of nitrogens with one attached hydrogen (secondary N) is 2. The van der Waals surface area contributed by atoms with E-state index in [0.29, 0.717) is 19.0 Å². The maximum absolute atomic E-state index is 11.9. The van der Waals surface area contributed by atoms with Crippen LogP contribution in [0.25, 0.3) is 5.82 Å². The number of rotatable bonds is 5. The highest BCUT2D eigenvalue weighted by Crippen LogP contribution is 2.17. The van der Waals surface area contributed by atoms with Crippen LogP contribution in [0.4, 0.5) is 4.79 Å². The van der Waals surface area contributed by atoms with Crippen LogP contribution in [0.1, 0.15) is 37.8 Å². The van der Waals surface area contributed by atoms with E-state index in [2.05, 4.69) is 20.6 Å². The molecule has 0 radical (unpaired) electrons. The lowest BCUT2D eigenvalue weighted by atomic mass is 9.96. The fraction of sp³-hybridized carbons (Fsp3) is 0.471. The number of amides is 2. The van der Waals surface area contributed by atoms with E-state index in [9.17, 15) is 4.79 Å². The van der Waals surface area contributed by atoms with Gasteiger partial charge in [0.05, 0.1) is 0 Å². The number of carbonyl (C=O) groups excluding carboxylic acids is 1. The van der Waals surface area contributed by atoms with E-state index in [0.717, 1.165) is 24.4 Å². The zero-order valence-corrected chi connectivity index (χ0v) is 13.2. The predicted molar refractivity (Wildman–Crippen MR) is 88.5 cm³/mol. The first-order valence-electron chi connectivity index (χ1n) is 8.30. The Morgan fingerprint density at radius 2 is 2.13 bits per heavy atom. The zero-order chi connectivity index (χ0) is 15.9. The third-order valence-corrected chi connectivity index (χ3v) is 4.17. The first-order chi connectivity index (χ1) is 11.3. The van der Waals surface area contributed by atoms with Crippen LogP contribution in [0.5, 0.6) is 0 Å². The zero-order valence-electron chi connectivity index (χ0n) is 13.2. The van der Waals surface area contributed by atoms with E-state index in [1.165, 1.54) is 19.3 Å². The molecule has 0 unspecified atom stereocenters. The highest BCUT2D eigenvalue weighted by Gasteiger charge is 2.15. The fourth-order valence-corrected chi connectivity index (χ4v) is 2.93. The van der Waals surface area contributed by atoms with Crippen molar-refractivity contribution >= 4 is 6.03 Å². The molecule has 1 aliphatic carbocycles. The van der Waals surface area contributed by atoms with Crippen molar-refractivity contribution in [3.63, 3.8) is 0 Å².